The highest BCUT2D eigenvalue weighted by atomic mass is 15.4. The van der Waals surface area contributed by atoms with Gasteiger partial charge >= 0.3 is 0 Å². The van der Waals surface area contributed by atoms with Crippen LogP contribution >= 0.6 is 0 Å². The first kappa shape index (κ1) is 8.69. The van der Waals surface area contributed by atoms with Crippen LogP contribution in [0.3, 0.4) is 0 Å². The fourth-order valence-corrected chi connectivity index (χ4v) is 1.44. The second-order valence-corrected chi connectivity index (χ2v) is 3.57. The van der Waals surface area contributed by atoms with Crippen LogP contribution in [0.5, 0.6) is 0 Å². The third kappa shape index (κ3) is 2.06. The molecule has 13 heavy (non-hydrogen) atoms. The molecule has 1 fully saturated rings. The van der Waals surface area contributed by atoms with E-state index in [2.05, 4.69) is 22.6 Å². The predicted octanol–water partition coefficient (Wildman–Crippen LogP) is 0.940. The third-order valence-corrected chi connectivity index (χ3v) is 2.59. The van der Waals surface area contributed by atoms with Crippen molar-refractivity contribution in [2.45, 2.75) is 45.3 Å². The Morgan fingerprint density at radius 2 is 2.46 bits per heavy atom. The van der Waals surface area contributed by atoms with Gasteiger partial charge in [-0.25, -0.2) is 0 Å². The van der Waals surface area contributed by atoms with Crippen LogP contribution in [0.1, 0.15) is 31.9 Å². The molecule has 4 nitrogen and oxygen atoms in total. The maximum Gasteiger partial charge on any atom is 0.0964 e. The van der Waals surface area contributed by atoms with Crippen LogP contribution in [0.2, 0.25) is 0 Å². The second-order valence-electron chi connectivity index (χ2n) is 3.57. The molecule has 1 N–H and O–H groups in total. The molecular formula is C9H16N4. The number of aromatic nitrogens is 3. The molecule has 1 aromatic rings. The minimum Gasteiger partial charge on any atom is -0.308 e. The van der Waals surface area contributed by atoms with Gasteiger partial charge < -0.3 is 5.32 Å². The van der Waals surface area contributed by atoms with Gasteiger partial charge in [0.2, 0.25) is 0 Å². The molecule has 72 valence electrons. The SMILES string of the molecule is CCn1cc(CNC2CCC2)nn1. The lowest BCUT2D eigenvalue weighted by atomic mass is 9.93. The van der Waals surface area contributed by atoms with Crippen LogP contribution in [0.25, 0.3) is 0 Å². The summed E-state index contributed by atoms with van der Waals surface area (Å²) < 4.78 is 1.86. The molecule has 0 aromatic carbocycles. The molecule has 0 atom stereocenters. The predicted molar refractivity (Wildman–Crippen MR) is 50.2 cm³/mol. The van der Waals surface area contributed by atoms with E-state index in [1.54, 1.807) is 0 Å². The summed E-state index contributed by atoms with van der Waals surface area (Å²) >= 11 is 0. The first-order valence-corrected chi connectivity index (χ1v) is 5.01. The average Bonchev–Trinajstić information content (AvgIpc) is 2.49. The Morgan fingerprint density at radius 1 is 1.62 bits per heavy atom. The number of hydrogen-bond acceptors (Lipinski definition) is 3. The summed E-state index contributed by atoms with van der Waals surface area (Å²) in [6.45, 7) is 3.83. The van der Waals surface area contributed by atoms with Gasteiger partial charge in [0.05, 0.1) is 5.69 Å². The van der Waals surface area contributed by atoms with Gasteiger partial charge in [-0.1, -0.05) is 11.6 Å². The Bertz CT molecular complexity index is 264. The molecule has 4 heteroatoms. The lowest BCUT2D eigenvalue weighted by Crippen LogP contribution is -2.34. The molecule has 0 bridgehead atoms. The summed E-state index contributed by atoms with van der Waals surface area (Å²) in [6, 6.07) is 0.728. The number of nitrogens with zero attached hydrogens (tertiary/aromatic N) is 3. The van der Waals surface area contributed by atoms with Crippen molar-refractivity contribution in [3.63, 3.8) is 0 Å². The Labute approximate surface area is 78.3 Å². The summed E-state index contributed by atoms with van der Waals surface area (Å²) in [4.78, 5) is 0. The van der Waals surface area contributed by atoms with Crippen LogP contribution in [0.15, 0.2) is 6.20 Å². The lowest BCUT2D eigenvalue weighted by Gasteiger charge is -2.25. The highest BCUT2D eigenvalue weighted by Crippen LogP contribution is 2.18. The normalized spacial score (nSPS) is 17.3. The molecule has 0 unspecified atom stereocenters. The Hall–Kier alpha value is -0.900. The number of aryl methyl sites for hydroxylation is 1. The number of hydrogen-bond donors (Lipinski definition) is 1. The highest BCUT2D eigenvalue weighted by Gasteiger charge is 2.16. The molecule has 0 saturated heterocycles. The van der Waals surface area contributed by atoms with Crippen LogP contribution in [0, 0.1) is 0 Å². The Morgan fingerprint density at radius 3 is 3.00 bits per heavy atom. The van der Waals surface area contributed by atoms with Crippen molar-refractivity contribution in [1.82, 2.24) is 20.3 Å². The fraction of sp³-hybridized carbons (Fsp3) is 0.778. The van der Waals surface area contributed by atoms with Crippen LogP contribution in [-0.4, -0.2) is 21.0 Å². The van der Waals surface area contributed by atoms with Crippen LogP contribution in [-0.2, 0) is 13.1 Å². The number of nitrogens with one attached hydrogen (secondary N) is 1. The first-order chi connectivity index (χ1) is 6.38. The van der Waals surface area contributed by atoms with Crippen molar-refractivity contribution in [2.75, 3.05) is 0 Å². The molecule has 0 spiro atoms. The smallest absolute Gasteiger partial charge is 0.0964 e. The van der Waals surface area contributed by atoms with E-state index in [1.807, 2.05) is 10.9 Å². The van der Waals surface area contributed by atoms with Crippen molar-refractivity contribution >= 4 is 0 Å². The Balaban J connectivity index is 1.79. The zero-order valence-corrected chi connectivity index (χ0v) is 8.03. The van der Waals surface area contributed by atoms with Crippen molar-refractivity contribution < 1.29 is 0 Å². The minimum absolute atomic E-state index is 0.728. The zero-order valence-electron chi connectivity index (χ0n) is 8.03. The molecule has 1 aliphatic carbocycles. The minimum atomic E-state index is 0.728. The van der Waals surface area contributed by atoms with E-state index in [1.165, 1.54) is 19.3 Å². The maximum absolute atomic E-state index is 4.07. The zero-order chi connectivity index (χ0) is 9.10. The van der Waals surface area contributed by atoms with Crippen LogP contribution < -0.4 is 5.32 Å². The molecular weight excluding hydrogens is 164 g/mol. The summed E-state index contributed by atoms with van der Waals surface area (Å²) in [6.07, 6.45) is 6.02. The molecule has 1 aromatic heterocycles. The molecule has 0 aliphatic heterocycles. The molecule has 1 heterocycles. The van der Waals surface area contributed by atoms with E-state index in [-0.39, 0.29) is 0 Å². The van der Waals surface area contributed by atoms with Crippen molar-refractivity contribution in [3.8, 4) is 0 Å². The molecule has 0 radical (unpaired) electrons. The molecule has 1 saturated carbocycles. The second kappa shape index (κ2) is 3.87. The van der Waals surface area contributed by atoms with Crippen molar-refractivity contribution in [1.29, 1.82) is 0 Å². The van der Waals surface area contributed by atoms with E-state index >= 15 is 0 Å². The van der Waals surface area contributed by atoms with Gasteiger partial charge in [0.15, 0.2) is 0 Å². The van der Waals surface area contributed by atoms with E-state index in [4.69, 9.17) is 0 Å². The van der Waals surface area contributed by atoms with E-state index in [0.717, 1.165) is 24.8 Å². The summed E-state index contributed by atoms with van der Waals surface area (Å²) in [5, 5.41) is 11.5. The summed E-state index contributed by atoms with van der Waals surface area (Å²) in [5.41, 5.74) is 1.05. The van der Waals surface area contributed by atoms with E-state index in [9.17, 15) is 0 Å². The monoisotopic (exact) mass is 180 g/mol. The largest absolute Gasteiger partial charge is 0.308 e. The van der Waals surface area contributed by atoms with Crippen LogP contribution in [0.4, 0.5) is 0 Å². The third-order valence-electron chi connectivity index (χ3n) is 2.59. The van der Waals surface area contributed by atoms with E-state index in [0.29, 0.717) is 0 Å². The van der Waals surface area contributed by atoms with Gasteiger partial charge in [-0.15, -0.1) is 5.10 Å². The highest BCUT2D eigenvalue weighted by molar-refractivity contribution is 4.92. The van der Waals surface area contributed by atoms with Gasteiger partial charge in [0.1, 0.15) is 0 Å². The maximum atomic E-state index is 4.07. The number of rotatable bonds is 4. The van der Waals surface area contributed by atoms with Gasteiger partial charge in [0.25, 0.3) is 0 Å². The quantitative estimate of drug-likeness (QED) is 0.750. The first-order valence-electron chi connectivity index (χ1n) is 5.01. The standard InChI is InChI=1S/C9H16N4/c1-2-13-7-9(11-12-13)6-10-8-4-3-5-8/h7-8,10H,2-6H2,1H3. The van der Waals surface area contributed by atoms with Gasteiger partial charge in [-0.2, -0.15) is 0 Å². The summed E-state index contributed by atoms with van der Waals surface area (Å²) in [7, 11) is 0. The fourth-order valence-electron chi connectivity index (χ4n) is 1.44. The van der Waals surface area contributed by atoms with Crippen molar-refractivity contribution in [2.24, 2.45) is 0 Å². The average molecular weight is 180 g/mol. The summed E-state index contributed by atoms with van der Waals surface area (Å²) in [5.74, 6) is 0. The molecule has 2 rings (SSSR count). The van der Waals surface area contributed by atoms with Gasteiger partial charge in [-0.05, 0) is 19.8 Å². The van der Waals surface area contributed by atoms with Gasteiger partial charge in [0, 0.05) is 25.3 Å². The van der Waals surface area contributed by atoms with Crippen molar-refractivity contribution in [3.05, 3.63) is 11.9 Å². The molecule has 1 aliphatic rings. The molecule has 0 amide bonds. The Kier molecular flexibility index (Phi) is 2.59. The topological polar surface area (TPSA) is 42.7 Å². The lowest BCUT2D eigenvalue weighted by molar-refractivity contribution is 0.337. The van der Waals surface area contributed by atoms with Gasteiger partial charge in [-0.3, -0.25) is 4.68 Å². The van der Waals surface area contributed by atoms with E-state index < -0.39 is 0 Å².